The number of hydrogen-bond donors (Lipinski definition) is 1. The molecule has 0 unspecified atom stereocenters. The van der Waals surface area contributed by atoms with Gasteiger partial charge in [-0.1, -0.05) is 6.07 Å². The Morgan fingerprint density at radius 1 is 1.00 bits per heavy atom. The molecule has 0 spiro atoms. The van der Waals surface area contributed by atoms with Crippen LogP contribution in [0.4, 0.5) is 22.1 Å². The summed E-state index contributed by atoms with van der Waals surface area (Å²) in [6.07, 6.45) is 1.61. The maximum Gasteiger partial charge on any atom is 0.322 e. The van der Waals surface area contributed by atoms with Crippen molar-refractivity contribution in [3.8, 4) is 5.75 Å². The van der Waals surface area contributed by atoms with E-state index in [1.54, 1.807) is 13.4 Å². The second-order valence-electron chi connectivity index (χ2n) is 7.44. The molecule has 1 N–H and O–H groups in total. The van der Waals surface area contributed by atoms with Gasteiger partial charge in [-0.2, -0.15) is 0 Å². The van der Waals surface area contributed by atoms with Gasteiger partial charge in [0.15, 0.2) is 0 Å². The SMILES string of the molecule is COc1ccc(C)cc1NC(=O)N1CCN(c2cc(N3CCOCC3)ncn2)CC1. The van der Waals surface area contributed by atoms with Crippen molar-refractivity contribution in [3.63, 3.8) is 0 Å². The van der Waals surface area contributed by atoms with Crippen molar-refractivity contribution < 1.29 is 14.3 Å². The Balaban J connectivity index is 1.36. The van der Waals surface area contributed by atoms with Crippen LogP contribution in [-0.4, -0.2) is 80.5 Å². The third-order valence-electron chi connectivity index (χ3n) is 5.46. The molecule has 2 aliphatic rings. The number of nitrogens with zero attached hydrogens (tertiary/aromatic N) is 5. The second kappa shape index (κ2) is 9.17. The van der Waals surface area contributed by atoms with E-state index >= 15 is 0 Å². The quantitative estimate of drug-likeness (QED) is 0.822. The lowest BCUT2D eigenvalue weighted by Crippen LogP contribution is -2.50. The van der Waals surface area contributed by atoms with Crippen molar-refractivity contribution in [2.45, 2.75) is 6.92 Å². The number of methoxy groups -OCH3 is 1. The molecule has 9 nitrogen and oxygen atoms in total. The molecule has 3 heterocycles. The van der Waals surface area contributed by atoms with Crippen LogP contribution in [0.5, 0.6) is 5.75 Å². The van der Waals surface area contributed by atoms with Crippen LogP contribution >= 0.6 is 0 Å². The average molecular weight is 412 g/mol. The largest absolute Gasteiger partial charge is 0.495 e. The van der Waals surface area contributed by atoms with Crippen LogP contribution < -0.4 is 19.9 Å². The van der Waals surface area contributed by atoms with Gasteiger partial charge >= 0.3 is 6.03 Å². The van der Waals surface area contributed by atoms with Crippen LogP contribution in [0.3, 0.4) is 0 Å². The number of amides is 2. The minimum absolute atomic E-state index is 0.116. The summed E-state index contributed by atoms with van der Waals surface area (Å²) in [7, 11) is 1.60. The standard InChI is InChI=1S/C21H28N6O3/c1-16-3-4-18(29-2)17(13-16)24-21(28)27-7-5-25(6-8-27)19-14-20(23-15-22-19)26-9-11-30-12-10-26/h3-4,13-15H,5-12H2,1-2H3,(H,24,28). The lowest BCUT2D eigenvalue weighted by Gasteiger charge is -2.36. The summed E-state index contributed by atoms with van der Waals surface area (Å²) < 4.78 is 10.8. The van der Waals surface area contributed by atoms with Crippen LogP contribution in [0.2, 0.25) is 0 Å². The van der Waals surface area contributed by atoms with Gasteiger partial charge in [0.2, 0.25) is 0 Å². The number of aromatic nitrogens is 2. The van der Waals surface area contributed by atoms with Crippen molar-refractivity contribution in [2.24, 2.45) is 0 Å². The first-order valence-electron chi connectivity index (χ1n) is 10.2. The number of ether oxygens (including phenoxy) is 2. The average Bonchev–Trinajstić information content (AvgIpc) is 2.80. The Morgan fingerprint density at radius 2 is 1.67 bits per heavy atom. The van der Waals surface area contributed by atoms with Crippen molar-refractivity contribution in [3.05, 3.63) is 36.2 Å². The van der Waals surface area contributed by atoms with Gasteiger partial charge in [-0.3, -0.25) is 0 Å². The van der Waals surface area contributed by atoms with E-state index < -0.39 is 0 Å². The zero-order valence-corrected chi connectivity index (χ0v) is 17.5. The van der Waals surface area contributed by atoms with Crippen LogP contribution in [0, 0.1) is 6.92 Å². The molecule has 0 bridgehead atoms. The van der Waals surface area contributed by atoms with Crippen LogP contribution in [0.15, 0.2) is 30.6 Å². The molecule has 2 aromatic rings. The molecule has 0 radical (unpaired) electrons. The van der Waals surface area contributed by atoms with Crippen LogP contribution in [0.25, 0.3) is 0 Å². The van der Waals surface area contributed by atoms with E-state index in [1.807, 2.05) is 36.1 Å². The van der Waals surface area contributed by atoms with Crippen molar-refractivity contribution in [2.75, 3.05) is 74.7 Å². The lowest BCUT2D eigenvalue weighted by atomic mass is 10.2. The Bertz CT molecular complexity index is 879. The molecule has 0 aliphatic carbocycles. The maximum atomic E-state index is 12.7. The monoisotopic (exact) mass is 412 g/mol. The molecular formula is C21H28N6O3. The van der Waals surface area contributed by atoms with E-state index in [4.69, 9.17) is 9.47 Å². The molecule has 0 atom stereocenters. The van der Waals surface area contributed by atoms with Gasteiger partial charge < -0.3 is 29.5 Å². The number of nitrogens with one attached hydrogen (secondary N) is 1. The van der Waals surface area contributed by atoms with E-state index in [1.165, 1.54) is 0 Å². The summed E-state index contributed by atoms with van der Waals surface area (Å²) in [6, 6.07) is 7.65. The lowest BCUT2D eigenvalue weighted by molar-refractivity contribution is 0.122. The van der Waals surface area contributed by atoms with Gasteiger partial charge in [-0.25, -0.2) is 14.8 Å². The molecule has 30 heavy (non-hydrogen) atoms. The molecule has 2 amide bonds. The minimum Gasteiger partial charge on any atom is -0.495 e. The van der Waals surface area contributed by atoms with Gasteiger partial charge in [-0.05, 0) is 24.6 Å². The fraction of sp³-hybridized carbons (Fsp3) is 0.476. The highest BCUT2D eigenvalue weighted by Crippen LogP contribution is 2.26. The number of benzene rings is 1. The predicted octanol–water partition coefficient (Wildman–Crippen LogP) is 1.98. The first-order valence-corrected chi connectivity index (χ1v) is 10.2. The maximum absolute atomic E-state index is 12.7. The fourth-order valence-electron chi connectivity index (χ4n) is 3.73. The normalized spacial score (nSPS) is 17.1. The second-order valence-corrected chi connectivity index (χ2v) is 7.44. The molecule has 9 heteroatoms. The van der Waals surface area contributed by atoms with Gasteiger partial charge in [0.1, 0.15) is 23.7 Å². The summed E-state index contributed by atoms with van der Waals surface area (Å²) >= 11 is 0. The summed E-state index contributed by atoms with van der Waals surface area (Å²) in [5, 5.41) is 2.98. The first kappa shape index (κ1) is 20.2. The zero-order chi connectivity index (χ0) is 20.9. The van der Waals surface area contributed by atoms with Gasteiger partial charge in [-0.15, -0.1) is 0 Å². The zero-order valence-electron chi connectivity index (χ0n) is 17.5. The third-order valence-corrected chi connectivity index (χ3v) is 5.46. The highest BCUT2D eigenvalue weighted by molar-refractivity contribution is 5.91. The number of carbonyl (C=O) groups is 1. The topological polar surface area (TPSA) is 83.1 Å². The summed E-state index contributed by atoms with van der Waals surface area (Å²) in [6.45, 7) is 7.79. The summed E-state index contributed by atoms with van der Waals surface area (Å²) in [4.78, 5) is 27.8. The number of hydrogen-bond acceptors (Lipinski definition) is 7. The van der Waals surface area contributed by atoms with E-state index in [-0.39, 0.29) is 6.03 Å². The molecule has 2 saturated heterocycles. The number of urea groups is 1. The van der Waals surface area contributed by atoms with Crippen LogP contribution in [0.1, 0.15) is 5.56 Å². The van der Waals surface area contributed by atoms with Gasteiger partial charge in [0.25, 0.3) is 0 Å². The smallest absolute Gasteiger partial charge is 0.322 e. The fourth-order valence-corrected chi connectivity index (χ4v) is 3.73. The van der Waals surface area contributed by atoms with E-state index in [0.29, 0.717) is 24.5 Å². The van der Waals surface area contributed by atoms with Gasteiger partial charge in [0.05, 0.1) is 26.0 Å². The van der Waals surface area contributed by atoms with E-state index in [9.17, 15) is 4.79 Å². The summed E-state index contributed by atoms with van der Waals surface area (Å²) in [5.74, 6) is 2.48. The molecule has 160 valence electrons. The Kier molecular flexibility index (Phi) is 6.18. The first-order chi connectivity index (χ1) is 14.6. The molecule has 1 aromatic carbocycles. The van der Waals surface area contributed by atoms with Crippen molar-refractivity contribution in [1.29, 1.82) is 0 Å². The predicted molar refractivity (Wildman–Crippen MR) is 116 cm³/mol. The highest BCUT2D eigenvalue weighted by Gasteiger charge is 2.23. The Labute approximate surface area is 176 Å². The number of piperazine rings is 1. The molecule has 4 rings (SSSR count). The number of aryl methyl sites for hydroxylation is 1. The number of carbonyl (C=O) groups excluding carboxylic acids is 1. The molecular weight excluding hydrogens is 384 g/mol. The van der Waals surface area contributed by atoms with Crippen LogP contribution in [-0.2, 0) is 4.74 Å². The van der Waals surface area contributed by atoms with Crippen molar-refractivity contribution >= 4 is 23.4 Å². The third kappa shape index (κ3) is 4.56. The molecule has 2 fully saturated rings. The number of anilines is 3. The molecule has 0 saturated carbocycles. The summed E-state index contributed by atoms with van der Waals surface area (Å²) in [5.41, 5.74) is 1.76. The van der Waals surface area contributed by atoms with Crippen molar-refractivity contribution in [1.82, 2.24) is 14.9 Å². The number of morpholine rings is 1. The molecule has 2 aliphatic heterocycles. The number of rotatable bonds is 4. The van der Waals surface area contributed by atoms with E-state index in [0.717, 1.165) is 56.6 Å². The van der Waals surface area contributed by atoms with Gasteiger partial charge in [0, 0.05) is 45.3 Å². The Hall–Kier alpha value is -3.07. The Morgan fingerprint density at radius 3 is 2.33 bits per heavy atom. The minimum atomic E-state index is -0.116. The molecule has 1 aromatic heterocycles. The highest BCUT2D eigenvalue weighted by atomic mass is 16.5. The van der Waals surface area contributed by atoms with E-state index in [2.05, 4.69) is 25.1 Å².